The van der Waals surface area contributed by atoms with Crippen LogP contribution in [0.4, 0.5) is 5.69 Å². The molecule has 0 aromatic heterocycles. The van der Waals surface area contributed by atoms with Gasteiger partial charge in [-0.05, 0) is 111 Å². The molecule has 1 fully saturated rings. The number of carbonyl (C=O) groups is 1. The highest BCUT2D eigenvalue weighted by atomic mass is 35.5. The second-order valence-electron chi connectivity index (χ2n) is 10.5. The number of primary amides is 1. The molecule has 1 aliphatic carbocycles. The van der Waals surface area contributed by atoms with Crippen LogP contribution in [0.2, 0.25) is 5.02 Å². The number of hydrogen-bond donors (Lipinski definition) is 2. The highest BCUT2D eigenvalue weighted by Gasteiger charge is 2.31. The summed E-state index contributed by atoms with van der Waals surface area (Å²) in [6.07, 6.45) is 13.7. The first kappa shape index (κ1) is 30.4. The van der Waals surface area contributed by atoms with E-state index in [0.717, 1.165) is 67.4 Å². The van der Waals surface area contributed by atoms with E-state index < -0.39 is 5.91 Å². The second-order valence-corrected chi connectivity index (χ2v) is 11.3. The Hall–Kier alpha value is -2.11. The Morgan fingerprint density at radius 1 is 1.16 bits per heavy atom. The SMILES string of the molecule is CC[C@H](CS)C/C=C/C[C@@H]1CC[C@H]1CN(CC)c1cc(C(N)=O)ccc1OCCCCc1cccc(Cl)c1. The predicted octanol–water partition coefficient (Wildman–Crippen LogP) is 7.99. The number of allylic oxidation sites excluding steroid dienone is 2. The minimum absolute atomic E-state index is 0.409. The molecule has 1 amide bonds. The van der Waals surface area contributed by atoms with Gasteiger partial charge in [-0.25, -0.2) is 0 Å². The summed E-state index contributed by atoms with van der Waals surface area (Å²) in [6.45, 7) is 6.86. The molecule has 0 saturated heterocycles. The maximum absolute atomic E-state index is 12.0. The fraction of sp³-hybridized carbons (Fsp3) is 0.531. The minimum Gasteiger partial charge on any atom is -0.491 e. The molecule has 4 nitrogen and oxygen atoms in total. The normalized spacial score (nSPS) is 17.8. The van der Waals surface area contributed by atoms with Crippen molar-refractivity contribution < 1.29 is 9.53 Å². The summed E-state index contributed by atoms with van der Waals surface area (Å²) in [7, 11) is 0. The summed E-state index contributed by atoms with van der Waals surface area (Å²) in [5.74, 6) is 3.41. The van der Waals surface area contributed by atoms with Crippen LogP contribution in [0.15, 0.2) is 54.6 Å². The molecule has 38 heavy (non-hydrogen) atoms. The highest BCUT2D eigenvalue weighted by Crippen LogP contribution is 2.40. The van der Waals surface area contributed by atoms with Gasteiger partial charge in [0.05, 0.1) is 12.3 Å². The van der Waals surface area contributed by atoms with Gasteiger partial charge in [0.1, 0.15) is 5.75 Å². The standard InChI is InChI=1S/C32H45ClN2O2S/c1-3-24(23-38)10-5-6-13-26-15-16-28(26)22-35(4-2)30-21-27(32(34)36)17-18-31(30)37-19-8-7-11-25-12-9-14-29(33)20-25/h5-6,9,12,14,17-18,20-21,24,26,28,38H,3-4,7-8,10-11,13,15-16,19,22-23H2,1-2H3,(H2,34,36)/b6-5+/t24-,26+,28-/m0/s1. The Morgan fingerprint density at radius 3 is 2.63 bits per heavy atom. The third-order valence-corrected chi connectivity index (χ3v) is 8.66. The zero-order valence-electron chi connectivity index (χ0n) is 23.1. The average molecular weight is 557 g/mol. The van der Waals surface area contributed by atoms with E-state index >= 15 is 0 Å². The van der Waals surface area contributed by atoms with Gasteiger partial charge in [0.25, 0.3) is 0 Å². The van der Waals surface area contributed by atoms with E-state index in [-0.39, 0.29) is 0 Å². The quantitative estimate of drug-likeness (QED) is 0.118. The number of benzene rings is 2. The van der Waals surface area contributed by atoms with E-state index in [0.29, 0.717) is 29.9 Å². The summed E-state index contributed by atoms with van der Waals surface area (Å²) >= 11 is 10.6. The lowest BCUT2D eigenvalue weighted by Crippen LogP contribution is -2.38. The van der Waals surface area contributed by atoms with E-state index in [1.54, 1.807) is 6.07 Å². The van der Waals surface area contributed by atoms with Crippen LogP contribution in [0.1, 0.15) is 74.7 Å². The molecule has 2 N–H and O–H groups in total. The lowest BCUT2D eigenvalue weighted by atomic mass is 9.71. The van der Waals surface area contributed by atoms with Crippen molar-refractivity contribution in [2.75, 3.05) is 30.3 Å². The van der Waals surface area contributed by atoms with Gasteiger partial charge in [0, 0.05) is 23.7 Å². The smallest absolute Gasteiger partial charge is 0.248 e. The van der Waals surface area contributed by atoms with Crippen molar-refractivity contribution in [1.29, 1.82) is 0 Å². The number of halogens is 1. The van der Waals surface area contributed by atoms with Crippen molar-refractivity contribution in [3.05, 3.63) is 70.8 Å². The van der Waals surface area contributed by atoms with Crippen molar-refractivity contribution in [2.24, 2.45) is 23.5 Å². The monoisotopic (exact) mass is 556 g/mol. The van der Waals surface area contributed by atoms with Gasteiger partial charge < -0.3 is 15.4 Å². The predicted molar refractivity (Wildman–Crippen MR) is 165 cm³/mol. The number of carbonyl (C=O) groups excluding carboxylic acids is 1. The van der Waals surface area contributed by atoms with Crippen molar-refractivity contribution >= 4 is 35.8 Å². The van der Waals surface area contributed by atoms with Crippen LogP contribution in [0.25, 0.3) is 0 Å². The molecule has 3 atom stereocenters. The zero-order chi connectivity index (χ0) is 27.3. The third kappa shape index (κ3) is 9.27. The van der Waals surface area contributed by atoms with E-state index in [1.165, 1.54) is 24.8 Å². The molecule has 0 radical (unpaired) electrons. The average Bonchev–Trinajstić information content (AvgIpc) is 2.90. The van der Waals surface area contributed by atoms with Gasteiger partial charge >= 0.3 is 0 Å². The molecule has 0 bridgehead atoms. The van der Waals surface area contributed by atoms with Gasteiger partial charge in [-0.15, -0.1) is 0 Å². The number of hydrogen-bond acceptors (Lipinski definition) is 4. The number of ether oxygens (including phenoxy) is 1. The molecule has 0 aliphatic heterocycles. The van der Waals surface area contributed by atoms with Gasteiger partial charge in [-0.1, -0.05) is 49.2 Å². The van der Waals surface area contributed by atoms with Gasteiger partial charge in [0.2, 0.25) is 5.91 Å². The second kappa shape index (κ2) is 16.1. The maximum atomic E-state index is 12.0. The van der Waals surface area contributed by atoms with Crippen molar-refractivity contribution in [3.63, 3.8) is 0 Å². The van der Waals surface area contributed by atoms with Crippen molar-refractivity contribution in [3.8, 4) is 5.75 Å². The van der Waals surface area contributed by atoms with Gasteiger partial charge in [0.15, 0.2) is 0 Å². The zero-order valence-corrected chi connectivity index (χ0v) is 24.7. The number of amides is 1. The van der Waals surface area contributed by atoms with Crippen LogP contribution >= 0.6 is 24.2 Å². The topological polar surface area (TPSA) is 55.6 Å². The van der Waals surface area contributed by atoms with Crippen LogP contribution < -0.4 is 15.4 Å². The number of anilines is 1. The number of unbranched alkanes of at least 4 members (excludes halogenated alkanes) is 1. The van der Waals surface area contributed by atoms with E-state index in [1.807, 2.05) is 30.3 Å². The van der Waals surface area contributed by atoms with Gasteiger partial charge in [-0.2, -0.15) is 12.6 Å². The molecule has 1 saturated carbocycles. The fourth-order valence-electron chi connectivity index (χ4n) is 5.15. The van der Waals surface area contributed by atoms with Crippen LogP contribution in [-0.4, -0.2) is 31.4 Å². The summed E-state index contributed by atoms with van der Waals surface area (Å²) in [5.41, 5.74) is 8.37. The van der Waals surface area contributed by atoms with E-state index in [4.69, 9.17) is 22.1 Å². The molecule has 1 aliphatic rings. The molecule has 208 valence electrons. The molecular formula is C32H45ClN2O2S. The molecule has 6 heteroatoms. The summed E-state index contributed by atoms with van der Waals surface area (Å²) in [4.78, 5) is 14.3. The van der Waals surface area contributed by atoms with E-state index in [9.17, 15) is 4.79 Å². The van der Waals surface area contributed by atoms with Crippen molar-refractivity contribution in [2.45, 2.75) is 65.2 Å². The Balaban J connectivity index is 1.58. The van der Waals surface area contributed by atoms with Crippen molar-refractivity contribution in [1.82, 2.24) is 0 Å². The summed E-state index contributed by atoms with van der Waals surface area (Å²) < 4.78 is 6.26. The highest BCUT2D eigenvalue weighted by molar-refractivity contribution is 7.80. The fourth-order valence-corrected chi connectivity index (χ4v) is 5.77. The molecule has 0 unspecified atom stereocenters. The third-order valence-electron chi connectivity index (χ3n) is 7.91. The Kier molecular flexibility index (Phi) is 12.9. The van der Waals surface area contributed by atoms with E-state index in [2.05, 4.69) is 49.6 Å². The lowest BCUT2D eigenvalue weighted by Gasteiger charge is -2.40. The number of rotatable bonds is 17. The molecule has 0 spiro atoms. The first-order valence-electron chi connectivity index (χ1n) is 14.3. The first-order valence-corrected chi connectivity index (χ1v) is 15.3. The first-order chi connectivity index (χ1) is 18.4. The largest absolute Gasteiger partial charge is 0.491 e. The Morgan fingerprint density at radius 2 is 1.97 bits per heavy atom. The molecule has 0 heterocycles. The van der Waals surface area contributed by atoms with Gasteiger partial charge in [-0.3, -0.25) is 4.79 Å². The lowest BCUT2D eigenvalue weighted by molar-refractivity contribution is 0.1000. The van der Waals surface area contributed by atoms with Crippen LogP contribution in [0.5, 0.6) is 5.75 Å². The Bertz CT molecular complexity index is 1040. The number of thiol groups is 1. The number of nitrogens with zero attached hydrogens (tertiary/aromatic N) is 1. The summed E-state index contributed by atoms with van der Waals surface area (Å²) in [5, 5.41) is 0.779. The molecule has 3 rings (SSSR count). The molecular weight excluding hydrogens is 512 g/mol. The minimum atomic E-state index is -0.409. The van der Waals surface area contributed by atoms with Crippen LogP contribution in [-0.2, 0) is 6.42 Å². The van der Waals surface area contributed by atoms with Crippen LogP contribution in [0.3, 0.4) is 0 Å². The maximum Gasteiger partial charge on any atom is 0.248 e. The number of nitrogens with two attached hydrogens (primary N) is 1. The molecule has 2 aromatic carbocycles. The Labute approximate surface area is 240 Å². The van der Waals surface area contributed by atoms with Crippen LogP contribution in [0, 0.1) is 17.8 Å². The summed E-state index contributed by atoms with van der Waals surface area (Å²) in [6, 6.07) is 13.6. The number of aryl methyl sites for hydroxylation is 1. The molecule has 2 aromatic rings.